The molecule has 4 heteroatoms. The van der Waals surface area contributed by atoms with Crippen LogP contribution in [0.5, 0.6) is 0 Å². The minimum atomic E-state index is -0.206. The van der Waals surface area contributed by atoms with E-state index in [-0.39, 0.29) is 5.82 Å². The van der Waals surface area contributed by atoms with E-state index in [0.717, 1.165) is 34.4 Å². The van der Waals surface area contributed by atoms with Gasteiger partial charge in [0.25, 0.3) is 0 Å². The molecule has 2 rings (SSSR count). The molecule has 0 bridgehead atoms. The van der Waals surface area contributed by atoms with Crippen molar-refractivity contribution in [2.75, 3.05) is 17.6 Å². The molecule has 94 valence electrons. The van der Waals surface area contributed by atoms with Crippen molar-refractivity contribution in [1.82, 2.24) is 0 Å². The van der Waals surface area contributed by atoms with Crippen LogP contribution in [0, 0.1) is 5.82 Å². The first-order valence-electron chi connectivity index (χ1n) is 5.68. The summed E-state index contributed by atoms with van der Waals surface area (Å²) in [6, 6.07) is 12.2. The smallest absolute Gasteiger partial charge is 0.123 e. The summed E-state index contributed by atoms with van der Waals surface area (Å²) in [4.78, 5) is 0. The Balaban J connectivity index is 1.92. The maximum Gasteiger partial charge on any atom is 0.123 e. The molecule has 0 saturated heterocycles. The predicted octanol–water partition coefficient (Wildman–Crippen LogP) is 3.83. The van der Waals surface area contributed by atoms with Gasteiger partial charge in [0.15, 0.2) is 0 Å². The Morgan fingerprint density at radius 3 is 2.56 bits per heavy atom. The molecule has 0 fully saturated rings. The van der Waals surface area contributed by atoms with Gasteiger partial charge in [0.05, 0.1) is 11.4 Å². The number of hydrogen-bond donors (Lipinski definition) is 2. The average Bonchev–Trinajstić information content (AvgIpc) is 2.36. The second-order valence-corrected chi connectivity index (χ2v) is 4.95. The van der Waals surface area contributed by atoms with E-state index < -0.39 is 0 Å². The SMILES string of the molecule is Nc1ccc(Br)cc1NCCc1ccc(F)cc1. The molecule has 0 aromatic heterocycles. The van der Waals surface area contributed by atoms with Crippen molar-refractivity contribution in [3.8, 4) is 0 Å². The largest absolute Gasteiger partial charge is 0.397 e. The van der Waals surface area contributed by atoms with Crippen molar-refractivity contribution in [2.45, 2.75) is 6.42 Å². The zero-order valence-electron chi connectivity index (χ0n) is 9.79. The van der Waals surface area contributed by atoms with Crippen LogP contribution in [-0.2, 0) is 6.42 Å². The van der Waals surface area contributed by atoms with Gasteiger partial charge in [0.1, 0.15) is 5.82 Å². The Morgan fingerprint density at radius 1 is 1.11 bits per heavy atom. The highest BCUT2D eigenvalue weighted by molar-refractivity contribution is 9.10. The maximum absolute atomic E-state index is 12.7. The highest BCUT2D eigenvalue weighted by Gasteiger charge is 2.00. The Bertz CT molecular complexity index is 526. The number of nitrogens with two attached hydrogens (primary N) is 1. The topological polar surface area (TPSA) is 38.0 Å². The van der Waals surface area contributed by atoms with E-state index in [9.17, 15) is 4.39 Å². The lowest BCUT2D eigenvalue weighted by molar-refractivity contribution is 0.627. The van der Waals surface area contributed by atoms with Crippen molar-refractivity contribution < 1.29 is 4.39 Å². The summed E-state index contributed by atoms with van der Waals surface area (Å²) >= 11 is 3.40. The van der Waals surface area contributed by atoms with Gasteiger partial charge in [-0.05, 0) is 42.3 Å². The number of anilines is 2. The van der Waals surface area contributed by atoms with Gasteiger partial charge in [-0.15, -0.1) is 0 Å². The number of halogens is 2. The van der Waals surface area contributed by atoms with Crippen LogP contribution in [0.2, 0.25) is 0 Å². The van der Waals surface area contributed by atoms with Crippen molar-refractivity contribution in [2.24, 2.45) is 0 Å². The molecule has 0 radical (unpaired) electrons. The highest BCUT2D eigenvalue weighted by atomic mass is 79.9. The van der Waals surface area contributed by atoms with Crippen molar-refractivity contribution in [3.05, 3.63) is 58.3 Å². The summed E-state index contributed by atoms with van der Waals surface area (Å²) in [5.74, 6) is -0.206. The second-order valence-electron chi connectivity index (χ2n) is 4.03. The molecule has 0 aliphatic heterocycles. The summed E-state index contributed by atoms with van der Waals surface area (Å²) in [5, 5.41) is 3.27. The predicted molar refractivity (Wildman–Crippen MR) is 77.1 cm³/mol. The first-order chi connectivity index (χ1) is 8.65. The molecule has 18 heavy (non-hydrogen) atoms. The molecule has 2 aromatic carbocycles. The molecule has 0 saturated carbocycles. The molecule has 0 aliphatic carbocycles. The van der Waals surface area contributed by atoms with E-state index in [1.165, 1.54) is 12.1 Å². The number of rotatable bonds is 4. The number of nitrogens with one attached hydrogen (secondary N) is 1. The summed E-state index contributed by atoms with van der Waals surface area (Å²) in [5.41, 5.74) is 8.58. The molecule has 0 unspecified atom stereocenters. The molecule has 0 heterocycles. The normalized spacial score (nSPS) is 10.3. The van der Waals surface area contributed by atoms with Crippen LogP contribution >= 0.6 is 15.9 Å². The molecular weight excluding hydrogens is 295 g/mol. The summed E-state index contributed by atoms with van der Waals surface area (Å²) in [6.45, 7) is 0.756. The average molecular weight is 309 g/mol. The Morgan fingerprint density at radius 2 is 1.83 bits per heavy atom. The van der Waals surface area contributed by atoms with Crippen molar-refractivity contribution >= 4 is 27.3 Å². The van der Waals surface area contributed by atoms with E-state index in [0.29, 0.717) is 0 Å². The monoisotopic (exact) mass is 308 g/mol. The highest BCUT2D eigenvalue weighted by Crippen LogP contribution is 2.23. The fourth-order valence-corrected chi connectivity index (χ4v) is 2.04. The van der Waals surface area contributed by atoms with E-state index >= 15 is 0 Å². The lowest BCUT2D eigenvalue weighted by atomic mass is 10.1. The number of nitrogen functional groups attached to an aromatic ring is 1. The minimum Gasteiger partial charge on any atom is -0.397 e. The fourth-order valence-electron chi connectivity index (χ4n) is 1.67. The van der Waals surface area contributed by atoms with Crippen molar-refractivity contribution in [1.29, 1.82) is 0 Å². The maximum atomic E-state index is 12.7. The third kappa shape index (κ3) is 3.47. The van der Waals surface area contributed by atoms with Crippen LogP contribution in [0.4, 0.5) is 15.8 Å². The van der Waals surface area contributed by atoms with Crippen LogP contribution in [0.1, 0.15) is 5.56 Å². The summed E-state index contributed by atoms with van der Waals surface area (Å²) in [6.07, 6.45) is 0.826. The third-order valence-electron chi connectivity index (χ3n) is 2.66. The molecule has 0 amide bonds. The molecular formula is C14H14BrFN2. The quantitative estimate of drug-likeness (QED) is 0.843. The van der Waals surface area contributed by atoms with Crippen LogP contribution in [-0.4, -0.2) is 6.54 Å². The second kappa shape index (κ2) is 5.87. The van der Waals surface area contributed by atoms with Gasteiger partial charge in [-0.2, -0.15) is 0 Å². The Hall–Kier alpha value is -1.55. The van der Waals surface area contributed by atoms with Gasteiger partial charge in [-0.3, -0.25) is 0 Å². The number of benzene rings is 2. The standard InChI is InChI=1S/C14H14BrFN2/c15-11-3-6-13(17)14(9-11)18-8-7-10-1-4-12(16)5-2-10/h1-6,9,18H,7-8,17H2. The Kier molecular flexibility index (Phi) is 4.20. The van der Waals surface area contributed by atoms with E-state index in [4.69, 9.17) is 5.73 Å². The first-order valence-corrected chi connectivity index (χ1v) is 6.48. The van der Waals surface area contributed by atoms with E-state index in [1.54, 1.807) is 12.1 Å². The third-order valence-corrected chi connectivity index (χ3v) is 3.15. The van der Waals surface area contributed by atoms with Crippen molar-refractivity contribution in [3.63, 3.8) is 0 Å². The van der Waals surface area contributed by atoms with E-state index in [1.807, 2.05) is 18.2 Å². The minimum absolute atomic E-state index is 0.206. The van der Waals surface area contributed by atoms with Gasteiger partial charge < -0.3 is 11.1 Å². The lowest BCUT2D eigenvalue weighted by Crippen LogP contribution is -2.06. The van der Waals surface area contributed by atoms with Crippen LogP contribution in [0.15, 0.2) is 46.9 Å². The van der Waals surface area contributed by atoms with E-state index in [2.05, 4.69) is 21.2 Å². The number of hydrogen-bond acceptors (Lipinski definition) is 2. The van der Waals surface area contributed by atoms with Gasteiger partial charge in [-0.1, -0.05) is 28.1 Å². The summed E-state index contributed by atoms with van der Waals surface area (Å²) in [7, 11) is 0. The molecule has 0 aliphatic rings. The first kappa shape index (κ1) is 12.9. The van der Waals surface area contributed by atoms with Crippen LogP contribution in [0.25, 0.3) is 0 Å². The van der Waals surface area contributed by atoms with Gasteiger partial charge in [0, 0.05) is 11.0 Å². The Labute approximate surface area is 114 Å². The fraction of sp³-hybridized carbons (Fsp3) is 0.143. The van der Waals surface area contributed by atoms with Gasteiger partial charge in [-0.25, -0.2) is 4.39 Å². The molecule has 2 nitrogen and oxygen atoms in total. The summed E-state index contributed by atoms with van der Waals surface area (Å²) < 4.78 is 13.7. The van der Waals surface area contributed by atoms with Gasteiger partial charge >= 0.3 is 0 Å². The molecule has 2 aromatic rings. The molecule has 3 N–H and O–H groups in total. The van der Waals surface area contributed by atoms with Crippen LogP contribution < -0.4 is 11.1 Å². The lowest BCUT2D eigenvalue weighted by Gasteiger charge is -2.09. The van der Waals surface area contributed by atoms with Gasteiger partial charge in [0.2, 0.25) is 0 Å². The zero-order valence-corrected chi connectivity index (χ0v) is 11.4. The zero-order chi connectivity index (χ0) is 13.0. The molecule has 0 atom stereocenters. The molecule has 0 spiro atoms. The van der Waals surface area contributed by atoms with Crippen LogP contribution in [0.3, 0.4) is 0 Å².